The number of thioether (sulfide) groups is 1. The van der Waals surface area contributed by atoms with Crippen LogP contribution in [0.25, 0.3) is 5.57 Å². The van der Waals surface area contributed by atoms with Gasteiger partial charge in [-0.1, -0.05) is 18.2 Å². The lowest BCUT2D eigenvalue weighted by Crippen LogP contribution is -2.22. The molecule has 1 atom stereocenters. The summed E-state index contributed by atoms with van der Waals surface area (Å²) >= 11 is 1.84. The fourth-order valence-corrected chi connectivity index (χ4v) is 4.26. The van der Waals surface area contributed by atoms with Crippen LogP contribution in [0.5, 0.6) is 0 Å². The molecule has 1 unspecified atom stereocenters. The van der Waals surface area contributed by atoms with Crippen LogP contribution in [0.1, 0.15) is 36.1 Å². The number of ether oxygens (including phenoxy) is 1. The van der Waals surface area contributed by atoms with E-state index in [0.717, 1.165) is 23.6 Å². The van der Waals surface area contributed by atoms with E-state index in [1.165, 1.54) is 23.8 Å². The highest BCUT2D eigenvalue weighted by Gasteiger charge is 2.34. The molecule has 1 saturated carbocycles. The van der Waals surface area contributed by atoms with Crippen molar-refractivity contribution < 1.29 is 17.9 Å². The first-order chi connectivity index (χ1) is 13.4. The van der Waals surface area contributed by atoms with Crippen LogP contribution in [0.4, 0.5) is 13.2 Å². The van der Waals surface area contributed by atoms with Crippen LogP contribution in [-0.2, 0) is 10.9 Å². The van der Waals surface area contributed by atoms with E-state index in [4.69, 9.17) is 4.74 Å². The summed E-state index contributed by atoms with van der Waals surface area (Å²) in [6.45, 7) is 1.24. The molecule has 1 N–H and O–H groups in total. The number of halogens is 3. The molecule has 0 bridgehead atoms. The van der Waals surface area contributed by atoms with E-state index in [2.05, 4.69) is 4.98 Å². The Labute approximate surface area is 165 Å². The Morgan fingerprint density at radius 2 is 1.86 bits per heavy atom. The first-order valence-corrected chi connectivity index (χ1v) is 10.2. The molecule has 4 rings (SSSR count). The molecule has 2 aliphatic rings. The highest BCUT2D eigenvalue weighted by atomic mass is 32.2. The second kappa shape index (κ2) is 7.79. The number of benzene rings is 1. The van der Waals surface area contributed by atoms with E-state index >= 15 is 0 Å². The number of rotatable bonds is 5. The molecule has 28 heavy (non-hydrogen) atoms. The highest BCUT2D eigenvalue weighted by molar-refractivity contribution is 8.00. The number of aromatic nitrogens is 1. The van der Waals surface area contributed by atoms with Crippen LogP contribution in [0.2, 0.25) is 0 Å². The lowest BCUT2D eigenvalue weighted by atomic mass is 9.96. The van der Waals surface area contributed by atoms with Gasteiger partial charge in [0.25, 0.3) is 5.56 Å². The van der Waals surface area contributed by atoms with Gasteiger partial charge in [0.2, 0.25) is 0 Å². The molecule has 1 aromatic heterocycles. The molecule has 2 heterocycles. The maximum Gasteiger partial charge on any atom is 0.421 e. The number of H-pyrrole nitrogens is 1. The summed E-state index contributed by atoms with van der Waals surface area (Å²) in [5.41, 5.74) is -0.338. The number of alkyl halides is 3. The molecule has 0 radical (unpaired) electrons. The van der Waals surface area contributed by atoms with Crippen LogP contribution < -0.4 is 5.56 Å². The molecule has 1 saturated heterocycles. The molecular formula is C21H20F3NO2S. The summed E-state index contributed by atoms with van der Waals surface area (Å²) in [7, 11) is 0. The minimum Gasteiger partial charge on any atom is -0.381 e. The zero-order valence-electron chi connectivity index (χ0n) is 15.1. The Balaban J connectivity index is 1.69. The van der Waals surface area contributed by atoms with Gasteiger partial charge in [-0.25, -0.2) is 0 Å². The molecule has 7 heteroatoms. The van der Waals surface area contributed by atoms with Crippen molar-refractivity contribution in [2.45, 2.75) is 35.6 Å². The van der Waals surface area contributed by atoms with Crippen molar-refractivity contribution in [3.63, 3.8) is 0 Å². The van der Waals surface area contributed by atoms with E-state index in [9.17, 15) is 18.0 Å². The number of nitrogens with one attached hydrogen (secondary N) is 1. The molecule has 148 valence electrons. The van der Waals surface area contributed by atoms with Crippen LogP contribution in [0.3, 0.4) is 0 Å². The van der Waals surface area contributed by atoms with Gasteiger partial charge in [-0.05, 0) is 49.1 Å². The summed E-state index contributed by atoms with van der Waals surface area (Å²) in [5.74, 6) is 0.168. The fraction of sp³-hybridized carbons (Fsp3) is 0.381. The van der Waals surface area contributed by atoms with Crippen molar-refractivity contribution >= 4 is 17.3 Å². The molecule has 3 nitrogen and oxygen atoms in total. The molecule has 0 spiro atoms. The smallest absolute Gasteiger partial charge is 0.381 e. The maximum absolute atomic E-state index is 12.9. The Morgan fingerprint density at radius 3 is 2.43 bits per heavy atom. The Morgan fingerprint density at radius 1 is 1.11 bits per heavy atom. The van der Waals surface area contributed by atoms with Gasteiger partial charge < -0.3 is 9.72 Å². The maximum atomic E-state index is 12.9. The van der Waals surface area contributed by atoms with Crippen molar-refractivity contribution in [2.75, 3.05) is 13.2 Å². The minimum absolute atomic E-state index is 0.168. The zero-order valence-corrected chi connectivity index (χ0v) is 15.9. The predicted octanol–water partition coefficient (Wildman–Crippen LogP) is 5.12. The van der Waals surface area contributed by atoms with Crippen LogP contribution in [0.15, 0.2) is 52.2 Å². The molecule has 2 fully saturated rings. The van der Waals surface area contributed by atoms with Crippen molar-refractivity contribution in [1.82, 2.24) is 4.98 Å². The van der Waals surface area contributed by atoms with Crippen molar-refractivity contribution in [3.05, 3.63) is 69.6 Å². The van der Waals surface area contributed by atoms with Crippen molar-refractivity contribution in [2.24, 2.45) is 5.92 Å². The van der Waals surface area contributed by atoms with Gasteiger partial charge in [0.05, 0.1) is 6.61 Å². The van der Waals surface area contributed by atoms with Gasteiger partial charge in [-0.3, -0.25) is 4.79 Å². The summed E-state index contributed by atoms with van der Waals surface area (Å²) in [6.07, 6.45) is 0.660. The highest BCUT2D eigenvalue weighted by Crippen LogP contribution is 2.39. The molecule has 2 aromatic rings. The lowest BCUT2D eigenvalue weighted by Gasteiger charge is -2.13. The summed E-state index contributed by atoms with van der Waals surface area (Å²) in [5, 5.41) is 0.697. The largest absolute Gasteiger partial charge is 0.421 e. The third kappa shape index (κ3) is 4.52. The minimum atomic E-state index is -4.67. The van der Waals surface area contributed by atoms with Crippen LogP contribution in [0, 0.1) is 5.92 Å². The van der Waals surface area contributed by atoms with Gasteiger partial charge in [0.15, 0.2) is 0 Å². The third-order valence-corrected chi connectivity index (χ3v) is 6.21. The zero-order chi connectivity index (χ0) is 19.7. The molecule has 0 amide bonds. The van der Waals surface area contributed by atoms with Gasteiger partial charge >= 0.3 is 6.18 Å². The van der Waals surface area contributed by atoms with E-state index in [0.29, 0.717) is 24.2 Å². The standard InChI is InChI=1S/C21H20F3NO2S/c22-21(23,24)18-7-8-19(25-20(18)26)17(11-13-9-10-27-12-13)14-1-3-15(4-2-14)28-16-5-6-16/h1-4,7-8,11,13,16H,5-6,9-10,12H2,(H,25,26). The van der Waals surface area contributed by atoms with Crippen LogP contribution in [-0.4, -0.2) is 23.4 Å². The summed E-state index contributed by atoms with van der Waals surface area (Å²) in [6, 6.07) is 10.2. The monoisotopic (exact) mass is 407 g/mol. The number of pyridine rings is 1. The SMILES string of the molecule is O=c1[nH]c(C(=CC2CCOC2)c2ccc(SC3CC3)cc2)ccc1C(F)(F)F. The quantitative estimate of drug-likeness (QED) is 0.748. The van der Waals surface area contributed by atoms with Crippen molar-refractivity contribution in [3.8, 4) is 0 Å². The van der Waals surface area contributed by atoms with Gasteiger partial charge in [0, 0.05) is 33.9 Å². The Hall–Kier alpha value is -1.99. The third-order valence-electron chi connectivity index (χ3n) is 4.86. The van der Waals surface area contributed by atoms with E-state index in [1.54, 1.807) is 0 Å². The second-order valence-corrected chi connectivity index (χ2v) is 8.53. The summed E-state index contributed by atoms with van der Waals surface area (Å²) in [4.78, 5) is 15.6. The Bertz CT molecular complexity index is 924. The number of hydrogen-bond acceptors (Lipinski definition) is 3. The van der Waals surface area contributed by atoms with Crippen LogP contribution >= 0.6 is 11.8 Å². The first-order valence-electron chi connectivity index (χ1n) is 9.28. The van der Waals surface area contributed by atoms with Gasteiger partial charge in [-0.15, -0.1) is 11.8 Å². The predicted molar refractivity (Wildman–Crippen MR) is 103 cm³/mol. The van der Waals surface area contributed by atoms with Gasteiger partial charge in [-0.2, -0.15) is 13.2 Å². The topological polar surface area (TPSA) is 42.1 Å². The second-order valence-electron chi connectivity index (χ2n) is 7.16. The first kappa shape index (κ1) is 19.3. The molecule has 1 aliphatic heterocycles. The number of hydrogen-bond donors (Lipinski definition) is 1. The normalized spacial score (nSPS) is 20.5. The average Bonchev–Trinajstić information content (AvgIpc) is 3.31. The Kier molecular flexibility index (Phi) is 5.38. The van der Waals surface area contributed by atoms with E-state index in [-0.39, 0.29) is 5.92 Å². The van der Waals surface area contributed by atoms with Crippen molar-refractivity contribution in [1.29, 1.82) is 0 Å². The average molecular weight is 407 g/mol. The van der Waals surface area contributed by atoms with Gasteiger partial charge in [0.1, 0.15) is 5.56 Å². The van der Waals surface area contributed by atoms with E-state index in [1.807, 2.05) is 42.1 Å². The number of aromatic amines is 1. The summed E-state index contributed by atoms with van der Waals surface area (Å²) < 4.78 is 44.2. The fourth-order valence-electron chi connectivity index (χ4n) is 3.21. The molecule has 1 aliphatic carbocycles. The molecular weight excluding hydrogens is 387 g/mol. The lowest BCUT2D eigenvalue weighted by molar-refractivity contribution is -0.138. The van der Waals surface area contributed by atoms with E-state index < -0.39 is 17.3 Å². The molecule has 1 aromatic carbocycles.